The van der Waals surface area contributed by atoms with E-state index in [0.717, 1.165) is 42.7 Å². The quantitative estimate of drug-likeness (QED) is 0.140. The molecule has 0 amide bonds. The summed E-state index contributed by atoms with van der Waals surface area (Å²) in [5.74, 6) is 0. The highest BCUT2D eigenvalue weighted by atomic mass is 15.1. The van der Waals surface area contributed by atoms with Crippen molar-refractivity contribution >= 4 is 28.2 Å². The van der Waals surface area contributed by atoms with Gasteiger partial charge in [0.15, 0.2) is 0 Å². The number of nitrogens with zero attached hydrogens (tertiary/aromatic N) is 1. The summed E-state index contributed by atoms with van der Waals surface area (Å²) < 4.78 is 0. The van der Waals surface area contributed by atoms with Crippen molar-refractivity contribution in [3.63, 3.8) is 0 Å². The molecule has 2 aliphatic rings. The zero-order chi connectivity index (χ0) is 43.1. The summed E-state index contributed by atoms with van der Waals surface area (Å²) in [5.41, 5.74) is 23.1. The van der Waals surface area contributed by atoms with E-state index in [2.05, 4.69) is 217 Å². The van der Waals surface area contributed by atoms with E-state index in [4.69, 9.17) is 6.58 Å². The fourth-order valence-corrected chi connectivity index (χ4v) is 9.96. The molecule has 0 aromatic heterocycles. The zero-order valence-electron chi connectivity index (χ0n) is 36.7. The third-order valence-electron chi connectivity index (χ3n) is 13.3. The van der Waals surface area contributed by atoms with E-state index in [1.54, 1.807) is 16.7 Å². The lowest BCUT2D eigenvalue weighted by molar-refractivity contribution is 0.662. The van der Waals surface area contributed by atoms with Crippen LogP contribution in [-0.4, -0.2) is 0 Å². The van der Waals surface area contributed by atoms with Gasteiger partial charge in [0.1, 0.15) is 0 Å². The van der Waals surface area contributed by atoms with Gasteiger partial charge in [0, 0.05) is 17.1 Å². The van der Waals surface area contributed by atoms with Crippen LogP contribution in [0.2, 0.25) is 0 Å². The van der Waals surface area contributed by atoms with Crippen molar-refractivity contribution in [1.29, 1.82) is 0 Å². The maximum absolute atomic E-state index is 4.76. The fourth-order valence-electron chi connectivity index (χ4n) is 9.96. The number of allylic oxidation sites excluding steroid dienone is 5. The number of benzene rings is 8. The molecule has 0 bridgehead atoms. The van der Waals surface area contributed by atoms with E-state index >= 15 is 0 Å². The molecule has 1 nitrogen and oxygen atoms in total. The Morgan fingerprint density at radius 3 is 0.969 bits per heavy atom. The molecule has 1 heteroatoms. The van der Waals surface area contributed by atoms with Crippen molar-refractivity contribution in [2.75, 3.05) is 4.90 Å². The van der Waals surface area contributed by atoms with Gasteiger partial charge in [-0.25, -0.2) is 0 Å². The van der Waals surface area contributed by atoms with E-state index in [-0.39, 0.29) is 0 Å². The molecule has 0 radical (unpaired) electrons. The Hall–Kier alpha value is -7.22. The highest BCUT2D eigenvalue weighted by Gasteiger charge is 2.24. The molecule has 8 aromatic rings. The Balaban J connectivity index is 0.963. The lowest BCUT2D eigenvalue weighted by Crippen LogP contribution is -2.09. The number of anilines is 3. The van der Waals surface area contributed by atoms with Gasteiger partial charge in [-0.05, 0) is 171 Å². The van der Waals surface area contributed by atoms with Crippen molar-refractivity contribution < 1.29 is 0 Å². The Morgan fingerprint density at radius 2 is 0.547 bits per heavy atom. The van der Waals surface area contributed by atoms with Crippen molar-refractivity contribution in [2.45, 2.75) is 57.8 Å². The predicted molar refractivity (Wildman–Crippen MR) is 274 cm³/mol. The maximum atomic E-state index is 4.76. The Morgan fingerprint density at radius 1 is 0.250 bits per heavy atom. The largest absolute Gasteiger partial charge is 0.311 e. The molecule has 10 rings (SSSR count). The minimum atomic E-state index is 1.06. The van der Waals surface area contributed by atoms with E-state index in [9.17, 15) is 0 Å². The van der Waals surface area contributed by atoms with Crippen LogP contribution in [0.25, 0.3) is 55.7 Å². The summed E-state index contributed by atoms with van der Waals surface area (Å²) in [6, 6.07) is 77.6. The molecule has 64 heavy (non-hydrogen) atoms. The van der Waals surface area contributed by atoms with Crippen molar-refractivity contribution in [3.05, 3.63) is 247 Å². The number of rotatable bonds is 9. The highest BCUT2D eigenvalue weighted by molar-refractivity contribution is 5.88. The van der Waals surface area contributed by atoms with Crippen molar-refractivity contribution in [1.82, 2.24) is 0 Å². The Labute approximate surface area is 380 Å². The molecule has 0 unspecified atom stereocenters. The molecule has 312 valence electrons. The van der Waals surface area contributed by atoms with Crippen LogP contribution in [0.15, 0.2) is 236 Å². The lowest BCUT2D eigenvalue weighted by atomic mass is 9.76. The monoisotopic (exact) mass is 825 g/mol. The average Bonchev–Trinajstić information content (AvgIpc) is 3.37. The lowest BCUT2D eigenvalue weighted by Gasteiger charge is -2.28. The predicted octanol–water partition coefficient (Wildman–Crippen LogP) is 18.1. The second kappa shape index (κ2) is 19.0. The first-order valence-electron chi connectivity index (χ1n) is 23.3. The molecular formula is C63H55N. The number of hydrogen-bond donors (Lipinski definition) is 0. The smallest absolute Gasteiger partial charge is 0.0462 e. The van der Waals surface area contributed by atoms with Gasteiger partial charge in [-0.2, -0.15) is 0 Å². The van der Waals surface area contributed by atoms with E-state index < -0.39 is 0 Å². The minimum Gasteiger partial charge on any atom is -0.311 e. The number of fused-ring (bicyclic) bond motifs is 1. The molecule has 1 saturated carbocycles. The van der Waals surface area contributed by atoms with Crippen LogP contribution in [0.1, 0.15) is 68.9 Å². The maximum Gasteiger partial charge on any atom is 0.0462 e. The van der Waals surface area contributed by atoms with Gasteiger partial charge >= 0.3 is 0 Å². The summed E-state index contributed by atoms with van der Waals surface area (Å²) in [5, 5.41) is 0. The van der Waals surface area contributed by atoms with E-state index in [0.29, 0.717) is 0 Å². The average molecular weight is 826 g/mol. The van der Waals surface area contributed by atoms with E-state index in [1.165, 1.54) is 98.9 Å². The SMILES string of the molecule is C=C1CCCCC/C(c2ccccc2)=C2/CCCC/C2=C/1c1ccc(-c2ccc(N(c3ccc(-c4ccccc4)cc3)c3ccc(-c4ccc(-c5ccccc5)cc4)cc3)cc2)cc1. The Bertz CT molecular complexity index is 2880. The van der Waals surface area contributed by atoms with Gasteiger partial charge in [0.05, 0.1) is 0 Å². The molecule has 2 aliphatic carbocycles. The molecule has 1 fully saturated rings. The van der Waals surface area contributed by atoms with Crippen molar-refractivity contribution in [3.8, 4) is 44.5 Å². The van der Waals surface area contributed by atoms with Crippen LogP contribution >= 0.6 is 0 Å². The topological polar surface area (TPSA) is 3.24 Å². The molecular weight excluding hydrogens is 771 g/mol. The third kappa shape index (κ3) is 8.85. The molecule has 0 heterocycles. The molecule has 0 atom stereocenters. The molecule has 0 spiro atoms. The minimum absolute atomic E-state index is 1.06. The first-order valence-corrected chi connectivity index (χ1v) is 23.3. The standard InChI is InChI=1S/C63H55N/c1-46-16-6-2-13-23-60(55-21-11-5-12-22-55)61-24-14-15-25-62(61)63(46)56-32-30-51(31-33-56)54-38-44-59(45-39-54)64(57-40-34-52(35-41-57)48-19-9-4-10-20-48)58-42-36-53(37-43-58)50-28-26-49(27-29-50)47-17-7-3-8-18-47/h3-5,7-12,17-22,26-45H,1-2,6,13-16,23-25H2/b61-60+,63-62+. The highest BCUT2D eigenvalue weighted by Crippen LogP contribution is 2.45. The molecule has 0 aliphatic heterocycles. The van der Waals surface area contributed by atoms with Gasteiger partial charge in [-0.3, -0.25) is 0 Å². The Kier molecular flexibility index (Phi) is 12.1. The van der Waals surface area contributed by atoms with Crippen LogP contribution < -0.4 is 4.90 Å². The number of hydrogen-bond acceptors (Lipinski definition) is 1. The summed E-state index contributed by atoms with van der Waals surface area (Å²) in [6.45, 7) is 4.76. The summed E-state index contributed by atoms with van der Waals surface area (Å²) >= 11 is 0. The zero-order valence-corrected chi connectivity index (χ0v) is 36.7. The fraction of sp³-hybridized carbons (Fsp3) is 0.143. The van der Waals surface area contributed by atoms with Gasteiger partial charge in [0.2, 0.25) is 0 Å². The third-order valence-corrected chi connectivity index (χ3v) is 13.3. The first-order chi connectivity index (χ1) is 31.7. The van der Waals surface area contributed by atoms with Crippen LogP contribution in [0.3, 0.4) is 0 Å². The summed E-state index contributed by atoms with van der Waals surface area (Å²) in [4.78, 5) is 2.36. The normalized spacial score (nSPS) is 16.8. The molecule has 0 saturated heterocycles. The van der Waals surface area contributed by atoms with E-state index in [1.807, 2.05) is 0 Å². The molecule has 8 aromatic carbocycles. The summed E-state index contributed by atoms with van der Waals surface area (Å²) in [6.07, 6.45) is 10.7. The van der Waals surface area contributed by atoms with Gasteiger partial charge in [0.25, 0.3) is 0 Å². The van der Waals surface area contributed by atoms with Crippen molar-refractivity contribution in [2.24, 2.45) is 0 Å². The van der Waals surface area contributed by atoms with Gasteiger partial charge in [-0.15, -0.1) is 0 Å². The van der Waals surface area contributed by atoms with Gasteiger partial charge < -0.3 is 4.90 Å². The summed E-state index contributed by atoms with van der Waals surface area (Å²) in [7, 11) is 0. The second-order valence-corrected chi connectivity index (χ2v) is 17.4. The molecule has 0 N–H and O–H groups in total. The van der Waals surface area contributed by atoms with Crippen LogP contribution in [0.5, 0.6) is 0 Å². The first kappa shape index (κ1) is 40.8. The van der Waals surface area contributed by atoms with Crippen LogP contribution in [-0.2, 0) is 0 Å². The van der Waals surface area contributed by atoms with Crippen LogP contribution in [0.4, 0.5) is 17.1 Å². The van der Waals surface area contributed by atoms with Crippen LogP contribution in [0, 0.1) is 0 Å². The second-order valence-electron chi connectivity index (χ2n) is 17.4. The van der Waals surface area contributed by atoms with Gasteiger partial charge in [-0.1, -0.05) is 189 Å².